The molecule has 2 rings (SSSR count). The molecule has 0 aliphatic carbocycles. The first kappa shape index (κ1) is 9.45. The van der Waals surface area contributed by atoms with Gasteiger partial charge in [-0.3, -0.25) is 4.79 Å². The number of anilines is 2. The molecule has 0 atom stereocenters. The Morgan fingerprint density at radius 1 is 1.40 bits per heavy atom. The number of urea groups is 1. The van der Waals surface area contributed by atoms with Crippen LogP contribution in [0.4, 0.5) is 20.6 Å². The van der Waals surface area contributed by atoms with E-state index in [-0.39, 0.29) is 17.9 Å². The smallest absolute Gasteiger partial charge is 0.329 e. The van der Waals surface area contributed by atoms with Crippen molar-refractivity contribution >= 4 is 23.3 Å². The van der Waals surface area contributed by atoms with Gasteiger partial charge in [-0.25, -0.2) is 14.1 Å². The molecule has 0 spiro atoms. The maximum Gasteiger partial charge on any atom is 0.329 e. The maximum atomic E-state index is 13.4. The number of nitrogens with one attached hydrogen (secondary N) is 1. The molecule has 0 aromatic heterocycles. The number of nitrogens with two attached hydrogens (primary N) is 1. The van der Waals surface area contributed by atoms with Crippen molar-refractivity contribution in [3.8, 4) is 0 Å². The SMILES string of the molecule is Nc1ccc(N2C(=O)CNC2=O)c(F)c1. The van der Waals surface area contributed by atoms with Gasteiger partial charge in [0.05, 0.1) is 12.2 Å². The number of amides is 3. The number of carbonyl (C=O) groups excluding carboxylic acids is 2. The summed E-state index contributed by atoms with van der Waals surface area (Å²) in [6.45, 7) is -0.108. The second-order valence-electron chi connectivity index (χ2n) is 3.10. The summed E-state index contributed by atoms with van der Waals surface area (Å²) in [5.74, 6) is -1.18. The van der Waals surface area contributed by atoms with E-state index in [4.69, 9.17) is 5.73 Å². The minimum atomic E-state index is -0.694. The lowest BCUT2D eigenvalue weighted by Gasteiger charge is -2.13. The van der Waals surface area contributed by atoms with E-state index in [1.54, 1.807) is 0 Å². The van der Waals surface area contributed by atoms with Crippen molar-refractivity contribution in [2.45, 2.75) is 0 Å². The lowest BCUT2D eigenvalue weighted by atomic mass is 10.2. The molecule has 3 amide bonds. The van der Waals surface area contributed by atoms with Crippen LogP contribution in [0.15, 0.2) is 18.2 Å². The van der Waals surface area contributed by atoms with Crippen LogP contribution in [0.1, 0.15) is 0 Å². The highest BCUT2D eigenvalue weighted by atomic mass is 19.1. The van der Waals surface area contributed by atoms with Crippen LogP contribution in [0.5, 0.6) is 0 Å². The molecule has 3 N–H and O–H groups in total. The summed E-state index contributed by atoms with van der Waals surface area (Å²) in [4.78, 5) is 23.2. The predicted octanol–water partition coefficient (Wildman–Crippen LogP) is 0.464. The highest BCUT2D eigenvalue weighted by molar-refractivity contribution is 6.19. The minimum Gasteiger partial charge on any atom is -0.399 e. The third-order valence-corrected chi connectivity index (χ3v) is 2.06. The van der Waals surface area contributed by atoms with Crippen molar-refractivity contribution in [3.05, 3.63) is 24.0 Å². The number of hydrogen-bond acceptors (Lipinski definition) is 3. The average molecular weight is 209 g/mol. The molecular formula is C9H8FN3O2. The van der Waals surface area contributed by atoms with Crippen molar-refractivity contribution in [1.82, 2.24) is 5.32 Å². The Hall–Kier alpha value is -2.11. The van der Waals surface area contributed by atoms with E-state index in [1.165, 1.54) is 12.1 Å². The molecule has 15 heavy (non-hydrogen) atoms. The quantitative estimate of drug-likeness (QED) is 0.521. The summed E-state index contributed by atoms with van der Waals surface area (Å²) < 4.78 is 13.4. The van der Waals surface area contributed by atoms with Crippen LogP contribution in [0.3, 0.4) is 0 Å². The van der Waals surface area contributed by atoms with Gasteiger partial charge in [-0.2, -0.15) is 0 Å². The molecule has 0 saturated carbocycles. The van der Waals surface area contributed by atoms with Crippen molar-refractivity contribution < 1.29 is 14.0 Å². The monoisotopic (exact) mass is 209 g/mol. The molecular weight excluding hydrogens is 201 g/mol. The zero-order valence-corrected chi connectivity index (χ0v) is 7.66. The van der Waals surface area contributed by atoms with Crippen molar-refractivity contribution in [2.24, 2.45) is 0 Å². The van der Waals surface area contributed by atoms with E-state index in [9.17, 15) is 14.0 Å². The van der Waals surface area contributed by atoms with Gasteiger partial charge in [0.15, 0.2) is 0 Å². The summed E-state index contributed by atoms with van der Waals surface area (Å²) >= 11 is 0. The van der Waals surface area contributed by atoms with E-state index in [0.29, 0.717) is 0 Å². The Morgan fingerprint density at radius 2 is 2.13 bits per heavy atom. The molecule has 0 bridgehead atoms. The zero-order valence-electron chi connectivity index (χ0n) is 7.66. The molecule has 78 valence electrons. The zero-order chi connectivity index (χ0) is 11.0. The number of rotatable bonds is 1. The van der Waals surface area contributed by atoms with Gasteiger partial charge in [0, 0.05) is 5.69 Å². The second-order valence-corrected chi connectivity index (χ2v) is 3.10. The van der Waals surface area contributed by atoms with Crippen LogP contribution in [0, 0.1) is 5.82 Å². The molecule has 0 radical (unpaired) electrons. The molecule has 1 aromatic rings. The first-order chi connectivity index (χ1) is 7.09. The van der Waals surface area contributed by atoms with E-state index in [2.05, 4.69) is 5.32 Å². The Kier molecular flexibility index (Phi) is 2.03. The van der Waals surface area contributed by atoms with Gasteiger partial charge in [0.2, 0.25) is 0 Å². The molecule has 1 aromatic carbocycles. The first-order valence-electron chi connectivity index (χ1n) is 4.25. The van der Waals surface area contributed by atoms with E-state index >= 15 is 0 Å². The van der Waals surface area contributed by atoms with Crippen LogP contribution < -0.4 is 16.0 Å². The van der Waals surface area contributed by atoms with Gasteiger partial charge >= 0.3 is 6.03 Å². The topological polar surface area (TPSA) is 75.4 Å². The summed E-state index contributed by atoms with van der Waals surface area (Å²) in [6, 6.07) is 3.17. The fourth-order valence-corrected chi connectivity index (χ4v) is 1.37. The van der Waals surface area contributed by atoms with Crippen LogP contribution in [-0.2, 0) is 4.79 Å². The molecule has 0 unspecified atom stereocenters. The standard InChI is InChI=1S/C9H8FN3O2/c10-6-3-5(11)1-2-7(6)13-8(14)4-12-9(13)15/h1-3H,4,11H2,(H,12,15). The molecule has 5 nitrogen and oxygen atoms in total. The summed E-state index contributed by atoms with van der Waals surface area (Å²) in [5, 5.41) is 2.30. The summed E-state index contributed by atoms with van der Waals surface area (Å²) in [5.41, 5.74) is 5.51. The first-order valence-corrected chi connectivity index (χ1v) is 4.25. The summed E-state index contributed by atoms with van der Waals surface area (Å²) in [7, 11) is 0. The predicted molar refractivity (Wildman–Crippen MR) is 51.7 cm³/mol. The molecule has 1 aliphatic rings. The number of halogens is 1. The molecule has 1 aliphatic heterocycles. The van der Waals surface area contributed by atoms with Crippen molar-refractivity contribution in [1.29, 1.82) is 0 Å². The van der Waals surface area contributed by atoms with E-state index in [0.717, 1.165) is 11.0 Å². The van der Waals surface area contributed by atoms with E-state index in [1.807, 2.05) is 0 Å². The van der Waals surface area contributed by atoms with Gasteiger partial charge in [-0.1, -0.05) is 0 Å². The number of hydrogen-bond donors (Lipinski definition) is 2. The second kappa shape index (κ2) is 3.23. The van der Waals surface area contributed by atoms with Crippen LogP contribution in [-0.4, -0.2) is 18.5 Å². The number of nitrogens with zero attached hydrogens (tertiary/aromatic N) is 1. The van der Waals surface area contributed by atoms with Crippen LogP contribution in [0.25, 0.3) is 0 Å². The Labute approximate surface area is 84.7 Å². The average Bonchev–Trinajstić information content (AvgIpc) is 2.48. The van der Waals surface area contributed by atoms with Gasteiger partial charge in [0.25, 0.3) is 5.91 Å². The van der Waals surface area contributed by atoms with Crippen molar-refractivity contribution in [3.63, 3.8) is 0 Å². The number of benzene rings is 1. The molecule has 1 heterocycles. The van der Waals surface area contributed by atoms with Gasteiger partial charge in [-0.05, 0) is 18.2 Å². The third-order valence-electron chi connectivity index (χ3n) is 2.06. The number of imide groups is 1. The molecule has 6 heteroatoms. The normalized spacial score (nSPS) is 15.7. The lowest BCUT2D eigenvalue weighted by molar-refractivity contribution is -0.115. The largest absolute Gasteiger partial charge is 0.399 e. The minimum absolute atomic E-state index is 0.0794. The fourth-order valence-electron chi connectivity index (χ4n) is 1.37. The van der Waals surface area contributed by atoms with E-state index < -0.39 is 17.8 Å². The molecule has 1 saturated heterocycles. The molecule has 1 fully saturated rings. The maximum absolute atomic E-state index is 13.4. The number of carbonyl (C=O) groups is 2. The van der Waals surface area contributed by atoms with Gasteiger partial charge in [0.1, 0.15) is 5.82 Å². The highest BCUT2D eigenvalue weighted by Gasteiger charge is 2.31. The summed E-state index contributed by atoms with van der Waals surface area (Å²) in [6.07, 6.45) is 0. The van der Waals surface area contributed by atoms with Crippen molar-refractivity contribution in [2.75, 3.05) is 17.2 Å². The lowest BCUT2D eigenvalue weighted by Crippen LogP contribution is -2.31. The van der Waals surface area contributed by atoms with Crippen LogP contribution >= 0.6 is 0 Å². The number of nitrogen functional groups attached to an aromatic ring is 1. The third kappa shape index (κ3) is 1.50. The van der Waals surface area contributed by atoms with Gasteiger partial charge < -0.3 is 11.1 Å². The Balaban J connectivity index is 2.45. The fraction of sp³-hybridized carbons (Fsp3) is 0.111. The Morgan fingerprint density at radius 3 is 2.67 bits per heavy atom. The van der Waals surface area contributed by atoms with Crippen LogP contribution in [0.2, 0.25) is 0 Å². The van der Waals surface area contributed by atoms with Gasteiger partial charge in [-0.15, -0.1) is 0 Å². The Bertz CT molecular complexity index is 431. The highest BCUT2D eigenvalue weighted by Crippen LogP contribution is 2.23.